The lowest BCUT2D eigenvalue weighted by atomic mass is 9.96. The van der Waals surface area contributed by atoms with E-state index in [9.17, 15) is 4.79 Å². The molecule has 140 valence electrons. The highest BCUT2D eigenvalue weighted by Crippen LogP contribution is 2.37. The van der Waals surface area contributed by atoms with E-state index < -0.39 is 0 Å². The van der Waals surface area contributed by atoms with E-state index in [2.05, 4.69) is 20.3 Å². The highest BCUT2D eigenvalue weighted by atomic mass is 16.2. The number of amides is 1. The first-order valence-corrected chi connectivity index (χ1v) is 9.79. The lowest BCUT2D eigenvalue weighted by Crippen LogP contribution is -2.36. The van der Waals surface area contributed by atoms with Gasteiger partial charge in [-0.3, -0.25) is 9.89 Å². The number of aromatic nitrogens is 5. The van der Waals surface area contributed by atoms with E-state index in [1.807, 2.05) is 30.9 Å². The zero-order valence-corrected chi connectivity index (χ0v) is 15.8. The van der Waals surface area contributed by atoms with Crippen LogP contribution in [0.15, 0.2) is 12.1 Å². The SMILES string of the molecule is Cc1cc2nc(C(=O)N3CCc4[nH]nc(C5CCCC5)c4C3)cc(C)n2n1. The average molecular weight is 364 g/mol. The zero-order valence-electron chi connectivity index (χ0n) is 15.8. The lowest BCUT2D eigenvalue weighted by Gasteiger charge is -2.27. The summed E-state index contributed by atoms with van der Waals surface area (Å²) in [6.07, 6.45) is 5.81. The van der Waals surface area contributed by atoms with Gasteiger partial charge in [0, 0.05) is 48.4 Å². The van der Waals surface area contributed by atoms with Crippen LogP contribution in [0.4, 0.5) is 0 Å². The first kappa shape index (κ1) is 16.5. The predicted octanol–water partition coefficient (Wildman–Crippen LogP) is 2.93. The number of carbonyl (C=O) groups excluding carboxylic acids is 1. The van der Waals surface area contributed by atoms with Gasteiger partial charge in [-0.05, 0) is 32.8 Å². The van der Waals surface area contributed by atoms with Crippen LogP contribution >= 0.6 is 0 Å². The van der Waals surface area contributed by atoms with E-state index in [4.69, 9.17) is 0 Å². The van der Waals surface area contributed by atoms with Gasteiger partial charge in [0.1, 0.15) is 5.69 Å². The summed E-state index contributed by atoms with van der Waals surface area (Å²) in [6.45, 7) is 5.22. The van der Waals surface area contributed by atoms with Crippen LogP contribution in [0.1, 0.15) is 70.4 Å². The number of aryl methyl sites for hydroxylation is 2. The quantitative estimate of drug-likeness (QED) is 0.758. The largest absolute Gasteiger partial charge is 0.332 e. The van der Waals surface area contributed by atoms with E-state index in [0.29, 0.717) is 24.7 Å². The molecule has 27 heavy (non-hydrogen) atoms. The fourth-order valence-electron chi connectivity index (χ4n) is 4.54. The molecule has 2 aliphatic rings. The minimum atomic E-state index is -0.0105. The molecule has 1 aliphatic heterocycles. The number of fused-ring (bicyclic) bond motifs is 2. The molecule has 3 aromatic rings. The molecule has 0 aromatic carbocycles. The predicted molar refractivity (Wildman–Crippen MR) is 101 cm³/mol. The second-order valence-corrected chi connectivity index (χ2v) is 7.86. The highest BCUT2D eigenvalue weighted by Gasteiger charge is 2.30. The van der Waals surface area contributed by atoms with Crippen molar-refractivity contribution in [2.75, 3.05) is 6.54 Å². The third-order valence-electron chi connectivity index (χ3n) is 5.94. The molecule has 0 saturated heterocycles. The first-order chi connectivity index (χ1) is 13.1. The Labute approximate surface area is 157 Å². The van der Waals surface area contributed by atoms with Crippen molar-refractivity contribution in [2.45, 2.75) is 58.4 Å². The van der Waals surface area contributed by atoms with Crippen molar-refractivity contribution in [2.24, 2.45) is 0 Å². The van der Waals surface area contributed by atoms with Crippen molar-refractivity contribution in [3.05, 3.63) is 46.2 Å². The Morgan fingerprint density at radius 1 is 1.22 bits per heavy atom. The van der Waals surface area contributed by atoms with Crippen LogP contribution in [0.5, 0.6) is 0 Å². The van der Waals surface area contributed by atoms with Crippen LogP contribution in [-0.4, -0.2) is 42.1 Å². The van der Waals surface area contributed by atoms with Crippen LogP contribution in [-0.2, 0) is 13.0 Å². The Balaban J connectivity index is 1.44. The molecule has 3 aromatic heterocycles. The topological polar surface area (TPSA) is 79.2 Å². The number of carbonyl (C=O) groups is 1. The van der Waals surface area contributed by atoms with Gasteiger partial charge in [0.15, 0.2) is 5.65 Å². The van der Waals surface area contributed by atoms with Crippen LogP contribution in [0.3, 0.4) is 0 Å². The van der Waals surface area contributed by atoms with Crippen molar-refractivity contribution in [1.29, 1.82) is 0 Å². The number of hydrogen-bond acceptors (Lipinski definition) is 4. The molecule has 0 atom stereocenters. The smallest absolute Gasteiger partial charge is 0.272 e. The van der Waals surface area contributed by atoms with Crippen molar-refractivity contribution in [3.63, 3.8) is 0 Å². The molecule has 1 N–H and O–H groups in total. The maximum Gasteiger partial charge on any atom is 0.272 e. The Kier molecular flexibility index (Phi) is 3.77. The summed E-state index contributed by atoms with van der Waals surface area (Å²) in [5.74, 6) is 0.537. The zero-order chi connectivity index (χ0) is 18.5. The minimum absolute atomic E-state index is 0.0105. The van der Waals surface area contributed by atoms with Crippen molar-refractivity contribution in [1.82, 2.24) is 29.7 Å². The number of nitrogens with one attached hydrogen (secondary N) is 1. The Bertz CT molecular complexity index is 1030. The Morgan fingerprint density at radius 2 is 2.04 bits per heavy atom. The van der Waals surface area contributed by atoms with Gasteiger partial charge in [0.2, 0.25) is 0 Å². The van der Waals surface area contributed by atoms with Crippen LogP contribution in [0.25, 0.3) is 5.65 Å². The maximum atomic E-state index is 13.2. The number of hydrogen-bond donors (Lipinski definition) is 1. The monoisotopic (exact) mass is 364 g/mol. The maximum absolute atomic E-state index is 13.2. The van der Waals surface area contributed by atoms with Crippen LogP contribution in [0.2, 0.25) is 0 Å². The van der Waals surface area contributed by atoms with E-state index >= 15 is 0 Å². The third-order valence-corrected chi connectivity index (χ3v) is 5.94. The Hall–Kier alpha value is -2.70. The summed E-state index contributed by atoms with van der Waals surface area (Å²) < 4.78 is 1.79. The second-order valence-electron chi connectivity index (χ2n) is 7.86. The molecule has 0 unspecified atom stereocenters. The van der Waals surface area contributed by atoms with Gasteiger partial charge in [-0.2, -0.15) is 10.2 Å². The fraction of sp³-hybridized carbons (Fsp3) is 0.500. The lowest BCUT2D eigenvalue weighted by molar-refractivity contribution is 0.0727. The minimum Gasteiger partial charge on any atom is -0.332 e. The van der Waals surface area contributed by atoms with Gasteiger partial charge < -0.3 is 4.90 Å². The fourth-order valence-corrected chi connectivity index (χ4v) is 4.54. The molecule has 1 saturated carbocycles. The van der Waals surface area contributed by atoms with Crippen LogP contribution < -0.4 is 0 Å². The molecule has 7 nitrogen and oxygen atoms in total. The van der Waals surface area contributed by atoms with E-state index in [1.165, 1.54) is 42.6 Å². The standard InChI is InChI=1S/C20H24N6O/c1-12-9-18-21-17(10-13(2)26(18)24-12)20(27)25-8-7-16-15(11-25)19(23-22-16)14-5-3-4-6-14/h9-10,14H,3-8,11H2,1-2H3,(H,22,23). The molecular formula is C20H24N6O. The van der Waals surface area contributed by atoms with Gasteiger partial charge in [-0.1, -0.05) is 12.8 Å². The summed E-state index contributed by atoms with van der Waals surface area (Å²) in [4.78, 5) is 19.6. The van der Waals surface area contributed by atoms with Crippen molar-refractivity contribution >= 4 is 11.6 Å². The highest BCUT2D eigenvalue weighted by molar-refractivity contribution is 5.93. The molecule has 0 radical (unpaired) electrons. The summed E-state index contributed by atoms with van der Waals surface area (Å²) in [5, 5.41) is 12.3. The van der Waals surface area contributed by atoms with Gasteiger partial charge in [0.25, 0.3) is 5.91 Å². The normalized spacial score (nSPS) is 17.6. The number of H-pyrrole nitrogens is 1. The molecule has 7 heteroatoms. The molecule has 0 bridgehead atoms. The van der Waals surface area contributed by atoms with E-state index in [0.717, 1.165) is 23.5 Å². The van der Waals surface area contributed by atoms with Gasteiger partial charge in [-0.25, -0.2) is 9.50 Å². The molecular weight excluding hydrogens is 340 g/mol. The molecule has 1 amide bonds. The summed E-state index contributed by atoms with van der Waals surface area (Å²) in [5.41, 5.74) is 6.66. The number of rotatable bonds is 2. The second kappa shape index (κ2) is 6.18. The molecule has 5 rings (SSSR count). The number of aromatic amines is 1. The summed E-state index contributed by atoms with van der Waals surface area (Å²) >= 11 is 0. The van der Waals surface area contributed by atoms with Crippen LogP contribution in [0, 0.1) is 13.8 Å². The van der Waals surface area contributed by atoms with Gasteiger partial charge in [-0.15, -0.1) is 0 Å². The van der Waals surface area contributed by atoms with E-state index in [-0.39, 0.29) is 5.91 Å². The molecule has 4 heterocycles. The molecule has 0 spiro atoms. The first-order valence-electron chi connectivity index (χ1n) is 9.79. The average Bonchev–Trinajstić information content (AvgIpc) is 3.38. The molecule has 1 fully saturated rings. The Morgan fingerprint density at radius 3 is 2.85 bits per heavy atom. The summed E-state index contributed by atoms with van der Waals surface area (Å²) in [6, 6.07) is 3.75. The number of nitrogens with zero attached hydrogens (tertiary/aromatic N) is 5. The van der Waals surface area contributed by atoms with Crippen molar-refractivity contribution < 1.29 is 4.79 Å². The third kappa shape index (κ3) is 2.72. The van der Waals surface area contributed by atoms with Gasteiger partial charge in [0.05, 0.1) is 11.4 Å². The summed E-state index contributed by atoms with van der Waals surface area (Å²) in [7, 11) is 0. The van der Waals surface area contributed by atoms with Gasteiger partial charge >= 0.3 is 0 Å². The molecule has 1 aliphatic carbocycles. The van der Waals surface area contributed by atoms with Crippen molar-refractivity contribution in [3.8, 4) is 0 Å². The van der Waals surface area contributed by atoms with E-state index in [1.54, 1.807) is 4.52 Å².